The van der Waals surface area contributed by atoms with Crippen LogP contribution in [-0.4, -0.2) is 16.5 Å². The molecule has 1 heterocycles. The molecule has 0 fully saturated rings. The lowest BCUT2D eigenvalue weighted by atomic mass is 9.91. The average molecular weight is 217 g/mol. The van der Waals surface area contributed by atoms with Crippen molar-refractivity contribution < 1.29 is 0 Å². The number of aromatic nitrogens is 2. The zero-order chi connectivity index (χ0) is 11.2. The van der Waals surface area contributed by atoms with Gasteiger partial charge >= 0.3 is 0 Å². The van der Waals surface area contributed by atoms with Crippen LogP contribution in [0.2, 0.25) is 0 Å². The van der Waals surface area contributed by atoms with Gasteiger partial charge < -0.3 is 5.32 Å². The Kier molecular flexibility index (Phi) is 4.05. The van der Waals surface area contributed by atoms with Crippen LogP contribution in [0.3, 0.4) is 0 Å². The standard InChI is InChI=1S/C13H19N3/c1-2-16-13(11-6-4-3-5-7-11)12-8-14-10-15-9-12/h6,8-10,13,16H,2-5,7H2,1H3. The summed E-state index contributed by atoms with van der Waals surface area (Å²) in [6, 6.07) is 0.312. The maximum absolute atomic E-state index is 4.10. The minimum absolute atomic E-state index is 0.312. The molecule has 86 valence electrons. The van der Waals surface area contributed by atoms with Crippen molar-refractivity contribution in [1.29, 1.82) is 0 Å². The minimum atomic E-state index is 0.312. The van der Waals surface area contributed by atoms with Gasteiger partial charge in [0.05, 0.1) is 6.04 Å². The highest BCUT2D eigenvalue weighted by molar-refractivity contribution is 5.24. The second-order valence-electron chi connectivity index (χ2n) is 4.19. The molecule has 16 heavy (non-hydrogen) atoms. The fraction of sp³-hybridized carbons (Fsp3) is 0.538. The van der Waals surface area contributed by atoms with Crippen LogP contribution in [0, 0.1) is 0 Å². The van der Waals surface area contributed by atoms with Crippen LogP contribution >= 0.6 is 0 Å². The molecule has 0 radical (unpaired) electrons. The summed E-state index contributed by atoms with van der Waals surface area (Å²) >= 11 is 0. The third kappa shape index (κ3) is 2.67. The summed E-state index contributed by atoms with van der Waals surface area (Å²) in [5.41, 5.74) is 2.68. The van der Waals surface area contributed by atoms with E-state index in [2.05, 4.69) is 28.3 Å². The number of rotatable bonds is 4. The van der Waals surface area contributed by atoms with Crippen LogP contribution in [0.4, 0.5) is 0 Å². The summed E-state index contributed by atoms with van der Waals surface area (Å²) in [7, 11) is 0. The minimum Gasteiger partial charge on any atom is -0.307 e. The Morgan fingerprint density at radius 3 is 2.75 bits per heavy atom. The molecule has 0 saturated carbocycles. The van der Waals surface area contributed by atoms with Gasteiger partial charge in [-0.25, -0.2) is 9.97 Å². The van der Waals surface area contributed by atoms with Crippen molar-refractivity contribution in [3.05, 3.63) is 35.9 Å². The molecule has 0 saturated heterocycles. The van der Waals surface area contributed by atoms with E-state index in [1.165, 1.54) is 36.8 Å². The highest BCUT2D eigenvalue weighted by Gasteiger charge is 2.17. The molecule has 1 aromatic rings. The second-order valence-corrected chi connectivity index (χ2v) is 4.19. The second kappa shape index (κ2) is 5.75. The largest absolute Gasteiger partial charge is 0.307 e. The van der Waals surface area contributed by atoms with E-state index in [1.54, 1.807) is 6.33 Å². The van der Waals surface area contributed by atoms with Gasteiger partial charge in [-0.05, 0) is 32.2 Å². The van der Waals surface area contributed by atoms with Gasteiger partial charge in [-0.2, -0.15) is 0 Å². The monoisotopic (exact) mass is 217 g/mol. The first kappa shape index (κ1) is 11.3. The molecule has 0 bridgehead atoms. The van der Waals surface area contributed by atoms with E-state index < -0.39 is 0 Å². The predicted molar refractivity (Wildman–Crippen MR) is 65.0 cm³/mol. The van der Waals surface area contributed by atoms with Crippen molar-refractivity contribution in [2.45, 2.75) is 38.6 Å². The molecule has 3 nitrogen and oxygen atoms in total. The van der Waals surface area contributed by atoms with E-state index in [-0.39, 0.29) is 0 Å². The zero-order valence-electron chi connectivity index (χ0n) is 9.82. The van der Waals surface area contributed by atoms with Crippen LogP contribution in [0.25, 0.3) is 0 Å². The van der Waals surface area contributed by atoms with Crippen LogP contribution in [0.15, 0.2) is 30.4 Å². The molecule has 2 rings (SSSR count). The fourth-order valence-corrected chi connectivity index (χ4v) is 2.25. The molecular weight excluding hydrogens is 198 g/mol. The third-order valence-electron chi connectivity index (χ3n) is 3.02. The Balaban J connectivity index is 2.19. The van der Waals surface area contributed by atoms with Crippen LogP contribution in [-0.2, 0) is 0 Å². The Labute approximate surface area is 97.0 Å². The molecule has 1 N–H and O–H groups in total. The maximum atomic E-state index is 4.10. The first-order valence-corrected chi connectivity index (χ1v) is 6.09. The number of likely N-dealkylation sites (N-methyl/N-ethyl adjacent to an activating group) is 1. The van der Waals surface area contributed by atoms with Gasteiger partial charge in [-0.15, -0.1) is 0 Å². The normalized spacial score (nSPS) is 17.9. The van der Waals surface area contributed by atoms with E-state index in [1.807, 2.05) is 12.4 Å². The van der Waals surface area contributed by atoms with E-state index in [0.717, 1.165) is 6.54 Å². The summed E-state index contributed by atoms with van der Waals surface area (Å²) < 4.78 is 0. The lowest BCUT2D eigenvalue weighted by Crippen LogP contribution is -2.23. The lowest BCUT2D eigenvalue weighted by Gasteiger charge is -2.23. The zero-order valence-corrected chi connectivity index (χ0v) is 9.82. The summed E-state index contributed by atoms with van der Waals surface area (Å²) in [6.45, 7) is 3.11. The number of nitrogens with one attached hydrogen (secondary N) is 1. The molecule has 1 unspecified atom stereocenters. The van der Waals surface area contributed by atoms with Crippen molar-refractivity contribution in [3.63, 3.8) is 0 Å². The molecule has 0 aromatic carbocycles. The van der Waals surface area contributed by atoms with Gasteiger partial charge in [0.25, 0.3) is 0 Å². The van der Waals surface area contributed by atoms with Crippen molar-refractivity contribution in [3.8, 4) is 0 Å². The predicted octanol–water partition coefficient (Wildman–Crippen LogP) is 2.63. The van der Waals surface area contributed by atoms with Gasteiger partial charge in [0, 0.05) is 18.0 Å². The van der Waals surface area contributed by atoms with E-state index in [4.69, 9.17) is 0 Å². The number of allylic oxidation sites excluding steroid dienone is 1. The highest BCUT2D eigenvalue weighted by Crippen LogP contribution is 2.28. The van der Waals surface area contributed by atoms with E-state index >= 15 is 0 Å². The number of hydrogen-bond donors (Lipinski definition) is 1. The first-order valence-electron chi connectivity index (χ1n) is 6.09. The Morgan fingerprint density at radius 1 is 1.31 bits per heavy atom. The van der Waals surface area contributed by atoms with Gasteiger partial charge in [0.2, 0.25) is 0 Å². The Morgan fingerprint density at radius 2 is 2.12 bits per heavy atom. The summed E-state index contributed by atoms with van der Waals surface area (Å²) in [5.74, 6) is 0. The smallest absolute Gasteiger partial charge is 0.115 e. The van der Waals surface area contributed by atoms with E-state index in [0.29, 0.717) is 6.04 Å². The molecule has 0 spiro atoms. The van der Waals surface area contributed by atoms with Crippen LogP contribution in [0.1, 0.15) is 44.2 Å². The molecule has 1 atom stereocenters. The molecule has 1 aliphatic rings. The van der Waals surface area contributed by atoms with Crippen LogP contribution < -0.4 is 5.32 Å². The molecule has 1 aromatic heterocycles. The maximum Gasteiger partial charge on any atom is 0.115 e. The SMILES string of the molecule is CCNC(C1=CCCCC1)c1cncnc1. The van der Waals surface area contributed by atoms with Gasteiger partial charge in [-0.3, -0.25) is 0 Å². The lowest BCUT2D eigenvalue weighted by molar-refractivity contribution is 0.561. The number of hydrogen-bond acceptors (Lipinski definition) is 3. The topological polar surface area (TPSA) is 37.8 Å². The van der Waals surface area contributed by atoms with Crippen molar-refractivity contribution in [2.24, 2.45) is 0 Å². The summed E-state index contributed by atoms with van der Waals surface area (Å²) in [5, 5.41) is 3.52. The van der Waals surface area contributed by atoms with Crippen molar-refractivity contribution in [2.75, 3.05) is 6.54 Å². The Hall–Kier alpha value is -1.22. The van der Waals surface area contributed by atoms with Gasteiger partial charge in [0.15, 0.2) is 0 Å². The molecule has 0 aliphatic heterocycles. The summed E-state index contributed by atoms with van der Waals surface area (Å²) in [6.07, 6.45) is 12.8. The van der Waals surface area contributed by atoms with Crippen molar-refractivity contribution in [1.82, 2.24) is 15.3 Å². The average Bonchev–Trinajstić information content (AvgIpc) is 2.38. The molecule has 3 heteroatoms. The van der Waals surface area contributed by atoms with Crippen molar-refractivity contribution >= 4 is 0 Å². The quantitative estimate of drug-likeness (QED) is 0.788. The number of nitrogens with zero attached hydrogens (tertiary/aromatic N) is 2. The first-order chi connectivity index (χ1) is 7.92. The molecular formula is C13H19N3. The summed E-state index contributed by atoms with van der Waals surface area (Å²) in [4.78, 5) is 8.21. The Bertz CT molecular complexity index is 345. The fourth-order valence-electron chi connectivity index (χ4n) is 2.25. The molecule has 0 amide bonds. The molecule has 1 aliphatic carbocycles. The van der Waals surface area contributed by atoms with Gasteiger partial charge in [0.1, 0.15) is 6.33 Å². The van der Waals surface area contributed by atoms with Gasteiger partial charge in [-0.1, -0.05) is 18.6 Å². The van der Waals surface area contributed by atoms with Crippen LogP contribution in [0.5, 0.6) is 0 Å². The third-order valence-corrected chi connectivity index (χ3v) is 3.02. The highest BCUT2D eigenvalue weighted by atomic mass is 14.9. The van der Waals surface area contributed by atoms with E-state index in [9.17, 15) is 0 Å².